The van der Waals surface area contributed by atoms with Crippen molar-refractivity contribution in [1.82, 2.24) is 10.6 Å². The van der Waals surface area contributed by atoms with Crippen molar-refractivity contribution >= 4 is 11.8 Å². The molecule has 0 spiro atoms. The maximum absolute atomic E-state index is 11.1. The first-order valence-corrected chi connectivity index (χ1v) is 12.8. The lowest BCUT2D eigenvalue weighted by Crippen LogP contribution is -2.64. The summed E-state index contributed by atoms with van der Waals surface area (Å²) >= 11 is 0. The van der Waals surface area contributed by atoms with Crippen LogP contribution in [0.15, 0.2) is 0 Å². The van der Waals surface area contributed by atoms with Gasteiger partial charge in [0.05, 0.1) is 19.3 Å². The van der Waals surface area contributed by atoms with Gasteiger partial charge in [-0.05, 0) is 19.8 Å². The Morgan fingerprint density at radius 2 is 1.24 bits per heavy atom. The van der Waals surface area contributed by atoms with Crippen LogP contribution in [-0.4, -0.2) is 128 Å². The van der Waals surface area contributed by atoms with E-state index < -0.39 is 74.5 Å². The summed E-state index contributed by atoms with van der Waals surface area (Å²) in [5.74, 6) is 0.0935. The molecule has 14 nitrogen and oxygen atoms in total. The quantitative estimate of drug-likeness (QED) is 0.156. The standard InChI is InChI=1S/C11H21NO6.C9H17NO6.C4H10/c1-5(2)17-11-8(12-6(3)14)10(16)9(15)7(4-13)18-11;1-2-5(12)10-6-8(14)7(13)4(3-11)16-9(6)15;1-4(2)3/h5,7-11,13,15-16H,4H2,1-3H3,(H,12,14);4,6-9,11,13-15H,2-3H2,1H3,(H,10,12);4H,1-3H3/t7-,8-,9+,10-,11?;4-,6-,7+,8-,9?;/m11./s1. The molecule has 9 N–H and O–H groups in total. The molecule has 38 heavy (non-hydrogen) atoms. The minimum absolute atomic E-state index is 0.187. The fourth-order valence-corrected chi connectivity index (χ4v) is 3.40. The van der Waals surface area contributed by atoms with Crippen LogP contribution in [0.1, 0.15) is 54.9 Å². The van der Waals surface area contributed by atoms with E-state index in [1.165, 1.54) is 6.92 Å². The lowest BCUT2D eigenvalue weighted by molar-refractivity contribution is -0.278. The number of hydrogen-bond acceptors (Lipinski definition) is 12. The number of amides is 2. The zero-order chi connectivity index (χ0) is 29.7. The molecule has 0 bridgehead atoms. The molecule has 226 valence electrons. The third-order valence-electron chi connectivity index (χ3n) is 5.21. The summed E-state index contributed by atoms with van der Waals surface area (Å²) in [5.41, 5.74) is 0. The molecule has 2 rings (SSSR count). The Balaban J connectivity index is 0.000000635. The van der Waals surface area contributed by atoms with Crippen LogP contribution in [-0.2, 0) is 23.8 Å². The predicted molar refractivity (Wildman–Crippen MR) is 134 cm³/mol. The van der Waals surface area contributed by atoms with Gasteiger partial charge in [-0.2, -0.15) is 0 Å². The predicted octanol–water partition coefficient (Wildman–Crippen LogP) is -2.67. The second-order valence-electron chi connectivity index (χ2n) is 10.0. The van der Waals surface area contributed by atoms with Crippen molar-refractivity contribution in [2.24, 2.45) is 5.92 Å². The zero-order valence-electron chi connectivity index (χ0n) is 23.2. The Hall–Kier alpha value is -1.46. The van der Waals surface area contributed by atoms with Gasteiger partial charge >= 0.3 is 0 Å². The molecule has 2 heterocycles. The maximum atomic E-state index is 11.1. The molecule has 2 aliphatic rings. The Bertz CT molecular complexity index is 680. The van der Waals surface area contributed by atoms with E-state index in [0.717, 1.165) is 5.92 Å². The van der Waals surface area contributed by atoms with Crippen LogP contribution in [0, 0.1) is 5.92 Å². The number of nitrogens with one attached hydrogen (secondary N) is 2. The van der Waals surface area contributed by atoms with E-state index in [9.17, 15) is 35.1 Å². The van der Waals surface area contributed by atoms with Crippen molar-refractivity contribution in [3.8, 4) is 0 Å². The fraction of sp³-hybridized carbons (Fsp3) is 0.917. The first-order chi connectivity index (χ1) is 17.6. The Morgan fingerprint density at radius 3 is 1.63 bits per heavy atom. The number of carbonyl (C=O) groups excluding carboxylic acids is 2. The number of aliphatic hydroxyl groups is 7. The van der Waals surface area contributed by atoms with Crippen molar-refractivity contribution in [2.75, 3.05) is 13.2 Å². The van der Waals surface area contributed by atoms with Gasteiger partial charge in [-0.15, -0.1) is 0 Å². The zero-order valence-corrected chi connectivity index (χ0v) is 23.2. The van der Waals surface area contributed by atoms with Gasteiger partial charge in [0.2, 0.25) is 11.8 Å². The van der Waals surface area contributed by atoms with Crippen LogP contribution < -0.4 is 10.6 Å². The second-order valence-corrected chi connectivity index (χ2v) is 10.0. The summed E-state index contributed by atoms with van der Waals surface area (Å²) in [4.78, 5) is 22.2. The van der Waals surface area contributed by atoms with E-state index in [4.69, 9.17) is 24.4 Å². The van der Waals surface area contributed by atoms with Crippen LogP contribution in [0.3, 0.4) is 0 Å². The second kappa shape index (κ2) is 18.0. The van der Waals surface area contributed by atoms with Gasteiger partial charge in [-0.3, -0.25) is 9.59 Å². The molecule has 2 saturated heterocycles. The Morgan fingerprint density at radius 1 is 0.789 bits per heavy atom. The Kier molecular flexibility index (Phi) is 17.3. The van der Waals surface area contributed by atoms with Crippen LogP contribution in [0.4, 0.5) is 0 Å². The van der Waals surface area contributed by atoms with Crippen molar-refractivity contribution < 1.29 is 59.5 Å². The number of carbonyl (C=O) groups is 2. The minimum Gasteiger partial charge on any atom is -0.394 e. The number of hydrogen-bond donors (Lipinski definition) is 9. The summed E-state index contributed by atoms with van der Waals surface area (Å²) < 4.78 is 15.6. The van der Waals surface area contributed by atoms with Gasteiger partial charge in [0.15, 0.2) is 12.6 Å². The lowest BCUT2D eigenvalue weighted by Gasteiger charge is -2.42. The molecule has 2 aliphatic heterocycles. The SMILES string of the molecule is CC(=O)N[C@H]1C(OC(C)C)O[C@H](CO)[C@H](O)[C@@H]1O.CC(C)C.CCC(=O)N[C@H]1C(O)O[C@H](CO)[C@H](O)[C@@H]1O. The average molecular weight is 557 g/mol. The van der Waals surface area contributed by atoms with Gasteiger partial charge in [-0.25, -0.2) is 0 Å². The highest BCUT2D eigenvalue weighted by molar-refractivity contribution is 5.76. The van der Waals surface area contributed by atoms with Crippen LogP contribution >= 0.6 is 0 Å². The van der Waals surface area contributed by atoms with Gasteiger partial charge in [-0.1, -0.05) is 27.7 Å². The highest BCUT2D eigenvalue weighted by atomic mass is 16.7. The molecule has 2 amide bonds. The smallest absolute Gasteiger partial charge is 0.220 e. The first kappa shape index (κ1) is 36.5. The topological polar surface area (TPSA) is 227 Å². The van der Waals surface area contributed by atoms with Crippen molar-refractivity contribution in [2.45, 2.75) is 122 Å². The Labute approximate surface area is 223 Å². The molecular formula is C24H48N2O12. The van der Waals surface area contributed by atoms with Gasteiger partial charge < -0.3 is 60.6 Å². The molecule has 0 aromatic heterocycles. The molecule has 0 aliphatic carbocycles. The van der Waals surface area contributed by atoms with Gasteiger partial charge in [0.25, 0.3) is 0 Å². The highest BCUT2D eigenvalue weighted by Crippen LogP contribution is 2.23. The number of rotatable bonds is 7. The average Bonchev–Trinajstić information content (AvgIpc) is 2.83. The molecule has 2 fully saturated rings. The van der Waals surface area contributed by atoms with E-state index in [2.05, 4.69) is 31.4 Å². The van der Waals surface area contributed by atoms with Gasteiger partial charge in [0, 0.05) is 13.3 Å². The summed E-state index contributed by atoms with van der Waals surface area (Å²) in [7, 11) is 0. The van der Waals surface area contributed by atoms with Crippen LogP contribution in [0.5, 0.6) is 0 Å². The van der Waals surface area contributed by atoms with Crippen LogP contribution in [0.25, 0.3) is 0 Å². The molecule has 0 aromatic rings. The summed E-state index contributed by atoms with van der Waals surface area (Å²) in [5, 5.41) is 71.0. The van der Waals surface area contributed by atoms with Crippen LogP contribution in [0.2, 0.25) is 0 Å². The molecule has 0 saturated carbocycles. The molecule has 0 radical (unpaired) electrons. The lowest BCUT2D eigenvalue weighted by atomic mass is 9.97. The van der Waals surface area contributed by atoms with Gasteiger partial charge in [0.1, 0.15) is 48.7 Å². The third-order valence-corrected chi connectivity index (χ3v) is 5.21. The van der Waals surface area contributed by atoms with E-state index in [1.807, 2.05) is 0 Å². The summed E-state index contributed by atoms with van der Waals surface area (Å²) in [6.45, 7) is 12.0. The highest BCUT2D eigenvalue weighted by Gasteiger charge is 2.46. The molecule has 2 unspecified atom stereocenters. The van der Waals surface area contributed by atoms with E-state index in [1.54, 1.807) is 20.8 Å². The van der Waals surface area contributed by atoms with E-state index in [-0.39, 0.29) is 24.3 Å². The number of aliphatic hydroxyl groups excluding tert-OH is 7. The minimum atomic E-state index is -1.45. The monoisotopic (exact) mass is 556 g/mol. The first-order valence-electron chi connectivity index (χ1n) is 12.8. The normalized spacial score (nSPS) is 34.9. The molecule has 0 aromatic carbocycles. The third kappa shape index (κ3) is 12.2. The molecule has 14 heteroatoms. The fourth-order valence-electron chi connectivity index (χ4n) is 3.40. The summed E-state index contributed by atoms with van der Waals surface area (Å²) in [6.07, 6.45) is -9.62. The van der Waals surface area contributed by atoms with Crippen molar-refractivity contribution in [1.29, 1.82) is 0 Å². The van der Waals surface area contributed by atoms with Crippen molar-refractivity contribution in [3.05, 3.63) is 0 Å². The van der Waals surface area contributed by atoms with Crippen molar-refractivity contribution in [3.63, 3.8) is 0 Å². The maximum Gasteiger partial charge on any atom is 0.220 e. The largest absolute Gasteiger partial charge is 0.394 e. The molecular weight excluding hydrogens is 508 g/mol. The van der Waals surface area contributed by atoms with E-state index >= 15 is 0 Å². The number of ether oxygens (including phenoxy) is 3. The van der Waals surface area contributed by atoms with E-state index in [0.29, 0.717) is 0 Å². The molecule has 10 atom stereocenters. The summed E-state index contributed by atoms with van der Waals surface area (Å²) in [6, 6.07) is -1.96.